The van der Waals surface area contributed by atoms with Crippen LogP contribution in [0.1, 0.15) is 44.9 Å². The summed E-state index contributed by atoms with van der Waals surface area (Å²) in [5.41, 5.74) is 0.149. The molecule has 0 amide bonds. The second kappa shape index (κ2) is 5.22. The second-order valence-electron chi connectivity index (χ2n) is 5.52. The highest BCUT2D eigenvalue weighted by Crippen LogP contribution is 2.39. The molecule has 1 aromatic heterocycles. The molecule has 1 aliphatic heterocycles. The SMILES string of the molecule is c1cnc(NC2CCOC3(CCCCC3)C2)cn1. The molecule has 2 fully saturated rings. The van der Waals surface area contributed by atoms with Crippen molar-refractivity contribution in [3.8, 4) is 0 Å². The summed E-state index contributed by atoms with van der Waals surface area (Å²) >= 11 is 0. The van der Waals surface area contributed by atoms with Gasteiger partial charge in [0.25, 0.3) is 0 Å². The molecule has 98 valence electrons. The third-order valence-electron chi connectivity index (χ3n) is 4.17. The van der Waals surface area contributed by atoms with Gasteiger partial charge < -0.3 is 10.1 Å². The molecule has 1 saturated carbocycles. The zero-order chi connectivity index (χ0) is 12.3. The number of nitrogens with one attached hydrogen (secondary N) is 1. The maximum atomic E-state index is 6.10. The van der Waals surface area contributed by atoms with Gasteiger partial charge in [0.15, 0.2) is 0 Å². The number of hydrogen-bond acceptors (Lipinski definition) is 4. The summed E-state index contributed by atoms with van der Waals surface area (Å²) in [6, 6.07) is 0.480. The molecule has 4 heteroatoms. The molecule has 4 nitrogen and oxygen atoms in total. The summed E-state index contributed by atoms with van der Waals surface area (Å²) in [5.74, 6) is 0.885. The van der Waals surface area contributed by atoms with Gasteiger partial charge in [0, 0.05) is 25.0 Å². The summed E-state index contributed by atoms with van der Waals surface area (Å²) in [6.45, 7) is 0.873. The molecule has 1 aliphatic carbocycles. The molecule has 1 saturated heterocycles. The lowest BCUT2D eigenvalue weighted by Gasteiger charge is -2.43. The second-order valence-corrected chi connectivity index (χ2v) is 5.52. The summed E-state index contributed by atoms with van der Waals surface area (Å²) in [6.07, 6.45) is 13.9. The maximum absolute atomic E-state index is 6.10. The average Bonchev–Trinajstić information content (AvgIpc) is 2.41. The first-order valence-corrected chi connectivity index (χ1v) is 7.03. The number of anilines is 1. The van der Waals surface area contributed by atoms with Crippen molar-refractivity contribution >= 4 is 5.82 Å². The van der Waals surface area contributed by atoms with E-state index in [1.165, 1.54) is 32.1 Å². The molecule has 1 N–H and O–H groups in total. The third-order valence-corrected chi connectivity index (χ3v) is 4.17. The summed E-state index contributed by atoms with van der Waals surface area (Å²) < 4.78 is 6.10. The van der Waals surface area contributed by atoms with Crippen LogP contribution < -0.4 is 5.32 Å². The molecule has 18 heavy (non-hydrogen) atoms. The Bertz CT molecular complexity index is 370. The predicted octanol–water partition coefficient (Wildman–Crippen LogP) is 2.77. The Morgan fingerprint density at radius 3 is 2.89 bits per heavy atom. The fourth-order valence-corrected chi connectivity index (χ4v) is 3.28. The molecule has 0 radical (unpaired) electrons. The van der Waals surface area contributed by atoms with Crippen molar-refractivity contribution in [3.05, 3.63) is 18.6 Å². The van der Waals surface area contributed by atoms with E-state index in [0.717, 1.165) is 25.3 Å². The van der Waals surface area contributed by atoms with E-state index in [9.17, 15) is 0 Å². The molecular formula is C14H21N3O. The lowest BCUT2D eigenvalue weighted by atomic mass is 9.78. The third kappa shape index (κ3) is 2.64. The van der Waals surface area contributed by atoms with Gasteiger partial charge in [-0.15, -0.1) is 0 Å². The van der Waals surface area contributed by atoms with E-state index in [1.54, 1.807) is 18.6 Å². The smallest absolute Gasteiger partial charge is 0.144 e. The quantitative estimate of drug-likeness (QED) is 0.873. The molecule has 0 aromatic carbocycles. The molecule has 1 spiro atoms. The Balaban J connectivity index is 1.63. The highest BCUT2D eigenvalue weighted by atomic mass is 16.5. The summed E-state index contributed by atoms with van der Waals surface area (Å²) in [7, 11) is 0. The van der Waals surface area contributed by atoms with Crippen LogP contribution >= 0.6 is 0 Å². The highest BCUT2D eigenvalue weighted by Gasteiger charge is 2.38. The first-order chi connectivity index (χ1) is 8.86. The Labute approximate surface area is 108 Å². The van der Waals surface area contributed by atoms with E-state index in [1.807, 2.05) is 0 Å². The zero-order valence-electron chi connectivity index (χ0n) is 10.8. The molecule has 3 rings (SSSR count). The van der Waals surface area contributed by atoms with Crippen LogP contribution in [0.25, 0.3) is 0 Å². The van der Waals surface area contributed by atoms with Crippen LogP contribution in [0.15, 0.2) is 18.6 Å². The molecule has 1 unspecified atom stereocenters. The average molecular weight is 247 g/mol. The number of rotatable bonds is 2. The van der Waals surface area contributed by atoms with Crippen LogP contribution in [-0.2, 0) is 4.74 Å². The van der Waals surface area contributed by atoms with Crippen molar-refractivity contribution in [1.29, 1.82) is 0 Å². The van der Waals surface area contributed by atoms with E-state index in [-0.39, 0.29) is 5.60 Å². The van der Waals surface area contributed by atoms with E-state index in [2.05, 4.69) is 15.3 Å². The van der Waals surface area contributed by atoms with Crippen LogP contribution in [0.5, 0.6) is 0 Å². The van der Waals surface area contributed by atoms with Crippen LogP contribution in [0.3, 0.4) is 0 Å². The summed E-state index contributed by atoms with van der Waals surface area (Å²) in [5, 5.41) is 3.50. The Kier molecular flexibility index (Phi) is 3.46. The van der Waals surface area contributed by atoms with Crippen LogP contribution in [0.4, 0.5) is 5.82 Å². The fraction of sp³-hybridized carbons (Fsp3) is 0.714. The highest BCUT2D eigenvalue weighted by molar-refractivity contribution is 5.31. The van der Waals surface area contributed by atoms with Crippen molar-refractivity contribution < 1.29 is 4.74 Å². The van der Waals surface area contributed by atoms with Gasteiger partial charge in [-0.05, 0) is 25.7 Å². The number of hydrogen-bond donors (Lipinski definition) is 1. The first-order valence-electron chi connectivity index (χ1n) is 7.03. The minimum absolute atomic E-state index is 0.149. The number of aromatic nitrogens is 2. The van der Waals surface area contributed by atoms with Gasteiger partial charge in [0.2, 0.25) is 0 Å². The fourth-order valence-electron chi connectivity index (χ4n) is 3.28. The Morgan fingerprint density at radius 1 is 1.22 bits per heavy atom. The van der Waals surface area contributed by atoms with E-state index in [0.29, 0.717) is 6.04 Å². The monoisotopic (exact) mass is 247 g/mol. The normalized spacial score (nSPS) is 27.0. The first kappa shape index (κ1) is 11.9. The van der Waals surface area contributed by atoms with E-state index < -0.39 is 0 Å². The van der Waals surface area contributed by atoms with E-state index in [4.69, 9.17) is 4.74 Å². The minimum atomic E-state index is 0.149. The Hall–Kier alpha value is -1.16. The Morgan fingerprint density at radius 2 is 2.11 bits per heavy atom. The minimum Gasteiger partial charge on any atom is -0.375 e. The van der Waals surface area contributed by atoms with Crippen molar-refractivity contribution in [2.24, 2.45) is 0 Å². The zero-order valence-corrected chi connectivity index (χ0v) is 10.8. The topological polar surface area (TPSA) is 47.0 Å². The van der Waals surface area contributed by atoms with Gasteiger partial charge in [0.1, 0.15) is 5.82 Å². The maximum Gasteiger partial charge on any atom is 0.144 e. The van der Waals surface area contributed by atoms with Crippen molar-refractivity contribution in [2.45, 2.75) is 56.6 Å². The lowest BCUT2D eigenvalue weighted by Crippen LogP contribution is -2.45. The van der Waals surface area contributed by atoms with Gasteiger partial charge in [0.05, 0.1) is 11.8 Å². The van der Waals surface area contributed by atoms with Crippen LogP contribution in [-0.4, -0.2) is 28.2 Å². The molecule has 1 atom stereocenters. The van der Waals surface area contributed by atoms with Gasteiger partial charge in [-0.25, -0.2) is 4.98 Å². The summed E-state index contributed by atoms with van der Waals surface area (Å²) in [4.78, 5) is 8.39. The molecule has 2 aliphatic rings. The number of ether oxygens (including phenoxy) is 1. The molecular weight excluding hydrogens is 226 g/mol. The number of nitrogens with zero attached hydrogens (tertiary/aromatic N) is 2. The van der Waals surface area contributed by atoms with Crippen molar-refractivity contribution in [2.75, 3.05) is 11.9 Å². The van der Waals surface area contributed by atoms with E-state index >= 15 is 0 Å². The van der Waals surface area contributed by atoms with Crippen molar-refractivity contribution in [3.63, 3.8) is 0 Å². The van der Waals surface area contributed by atoms with Crippen molar-refractivity contribution in [1.82, 2.24) is 9.97 Å². The van der Waals surface area contributed by atoms with Gasteiger partial charge in [-0.1, -0.05) is 19.3 Å². The van der Waals surface area contributed by atoms with Gasteiger partial charge in [-0.2, -0.15) is 0 Å². The largest absolute Gasteiger partial charge is 0.375 e. The van der Waals surface area contributed by atoms with Gasteiger partial charge >= 0.3 is 0 Å². The predicted molar refractivity (Wildman–Crippen MR) is 70.4 cm³/mol. The van der Waals surface area contributed by atoms with Crippen LogP contribution in [0, 0.1) is 0 Å². The molecule has 1 aromatic rings. The van der Waals surface area contributed by atoms with Crippen LogP contribution in [0.2, 0.25) is 0 Å². The standard InChI is InChI=1S/C14H21N3O/c1-2-5-14(6-3-1)10-12(4-9-18-14)17-13-11-15-7-8-16-13/h7-8,11-12H,1-6,9-10H2,(H,16,17). The van der Waals surface area contributed by atoms with Gasteiger partial charge in [-0.3, -0.25) is 4.98 Å². The lowest BCUT2D eigenvalue weighted by molar-refractivity contribution is -0.103. The molecule has 2 heterocycles. The molecule has 0 bridgehead atoms.